The number of nitro benzene ring substituents is 1. The average Bonchev–Trinajstić information content (AvgIpc) is 2.76. The van der Waals surface area contributed by atoms with Crippen molar-refractivity contribution < 1.29 is 9.45 Å². The van der Waals surface area contributed by atoms with Gasteiger partial charge in [0.15, 0.2) is 5.82 Å². The van der Waals surface area contributed by atoms with Gasteiger partial charge in [0.1, 0.15) is 0 Å². The van der Waals surface area contributed by atoms with E-state index in [9.17, 15) is 10.1 Å². The van der Waals surface area contributed by atoms with Crippen molar-refractivity contribution in [3.05, 3.63) is 39.2 Å². The summed E-state index contributed by atoms with van der Waals surface area (Å²) in [6.07, 6.45) is 0. The molecule has 0 saturated carbocycles. The predicted octanol–water partition coefficient (Wildman–Crippen LogP) is 3.04. The van der Waals surface area contributed by atoms with Gasteiger partial charge in [0.05, 0.1) is 10.8 Å². The second kappa shape index (κ2) is 4.68. The molecule has 0 aliphatic heterocycles. The van der Waals surface area contributed by atoms with E-state index >= 15 is 0 Å². The highest BCUT2D eigenvalue weighted by Gasteiger charge is 2.14. The number of benzene rings is 1. The van der Waals surface area contributed by atoms with Crippen molar-refractivity contribution in [2.24, 2.45) is 0 Å². The van der Waals surface area contributed by atoms with Crippen molar-refractivity contribution in [2.45, 2.75) is 5.88 Å². The third kappa shape index (κ3) is 2.54. The highest BCUT2D eigenvalue weighted by atomic mass is 35.5. The molecule has 0 fully saturated rings. The van der Waals surface area contributed by atoms with Gasteiger partial charge in [-0.05, 0) is 6.07 Å². The Bertz CT molecular complexity index is 570. The Morgan fingerprint density at radius 2 is 2.18 bits per heavy atom. The molecule has 1 aromatic carbocycles. The predicted molar refractivity (Wildman–Crippen MR) is 61.0 cm³/mol. The van der Waals surface area contributed by atoms with Crippen molar-refractivity contribution in [3.63, 3.8) is 0 Å². The van der Waals surface area contributed by atoms with Crippen LogP contribution >= 0.6 is 23.2 Å². The lowest BCUT2D eigenvalue weighted by Gasteiger charge is -1.96. The van der Waals surface area contributed by atoms with Crippen molar-refractivity contribution in [3.8, 4) is 11.5 Å². The molecule has 0 saturated heterocycles. The van der Waals surface area contributed by atoms with Crippen LogP contribution in [0.5, 0.6) is 0 Å². The van der Waals surface area contributed by atoms with Gasteiger partial charge in [0, 0.05) is 22.7 Å². The molecule has 1 aromatic heterocycles. The zero-order valence-corrected chi connectivity index (χ0v) is 9.77. The van der Waals surface area contributed by atoms with E-state index in [1.807, 2.05) is 0 Å². The first-order valence-corrected chi connectivity index (χ1v) is 5.35. The van der Waals surface area contributed by atoms with Crippen LogP contribution in [-0.2, 0) is 5.88 Å². The van der Waals surface area contributed by atoms with Gasteiger partial charge in [-0.25, -0.2) is 0 Å². The lowest BCUT2D eigenvalue weighted by Crippen LogP contribution is -1.89. The van der Waals surface area contributed by atoms with E-state index in [0.29, 0.717) is 11.4 Å². The van der Waals surface area contributed by atoms with E-state index in [1.165, 1.54) is 18.2 Å². The Morgan fingerprint density at radius 1 is 1.41 bits per heavy atom. The summed E-state index contributed by atoms with van der Waals surface area (Å²) < 4.78 is 4.90. The number of nitrogens with zero attached hydrogens (tertiary/aromatic N) is 3. The molecule has 0 aliphatic rings. The number of rotatable bonds is 3. The minimum Gasteiger partial charge on any atom is -0.334 e. The maximum atomic E-state index is 10.7. The van der Waals surface area contributed by atoms with E-state index in [1.54, 1.807) is 0 Å². The average molecular weight is 274 g/mol. The highest BCUT2D eigenvalue weighted by molar-refractivity contribution is 6.31. The molecular weight excluding hydrogens is 269 g/mol. The molecule has 0 bridgehead atoms. The summed E-state index contributed by atoms with van der Waals surface area (Å²) in [5.41, 5.74) is 0.242. The Morgan fingerprint density at radius 3 is 2.76 bits per heavy atom. The highest BCUT2D eigenvalue weighted by Crippen LogP contribution is 2.27. The Balaban J connectivity index is 2.47. The van der Waals surface area contributed by atoms with Crippen LogP contribution in [0.3, 0.4) is 0 Å². The number of alkyl halides is 1. The van der Waals surface area contributed by atoms with Crippen LogP contribution in [-0.4, -0.2) is 15.1 Å². The molecule has 0 N–H and O–H groups in total. The molecule has 0 amide bonds. The molecule has 88 valence electrons. The van der Waals surface area contributed by atoms with Crippen molar-refractivity contribution >= 4 is 28.9 Å². The first kappa shape index (κ1) is 11.8. The standard InChI is InChI=1S/C9H5Cl2N3O3/c10-4-8-12-9(17-13-8)5-1-6(11)3-7(2-5)14(15)16/h1-3H,4H2. The number of aromatic nitrogens is 2. The smallest absolute Gasteiger partial charge is 0.271 e. The largest absolute Gasteiger partial charge is 0.334 e. The molecule has 2 rings (SSSR count). The molecule has 0 unspecified atom stereocenters. The zero-order valence-electron chi connectivity index (χ0n) is 8.26. The molecule has 8 heteroatoms. The van der Waals surface area contributed by atoms with Crippen LogP contribution in [0.15, 0.2) is 22.7 Å². The molecule has 0 radical (unpaired) electrons. The van der Waals surface area contributed by atoms with Crippen LogP contribution in [0.1, 0.15) is 5.82 Å². The fourth-order valence-electron chi connectivity index (χ4n) is 1.23. The van der Waals surface area contributed by atoms with Crippen molar-refractivity contribution in [1.29, 1.82) is 0 Å². The lowest BCUT2D eigenvalue weighted by atomic mass is 10.2. The van der Waals surface area contributed by atoms with Crippen LogP contribution in [0.2, 0.25) is 5.02 Å². The van der Waals surface area contributed by atoms with Gasteiger partial charge in [0.2, 0.25) is 0 Å². The first-order valence-electron chi connectivity index (χ1n) is 4.44. The zero-order chi connectivity index (χ0) is 12.4. The van der Waals surface area contributed by atoms with Crippen molar-refractivity contribution in [1.82, 2.24) is 10.1 Å². The maximum absolute atomic E-state index is 10.7. The van der Waals surface area contributed by atoms with Crippen LogP contribution in [0.4, 0.5) is 5.69 Å². The SMILES string of the molecule is O=[N+]([O-])c1cc(Cl)cc(-c2nc(CCl)no2)c1. The van der Waals surface area contributed by atoms with Crippen LogP contribution in [0.25, 0.3) is 11.5 Å². The third-order valence-corrected chi connectivity index (χ3v) is 2.39. The summed E-state index contributed by atoms with van der Waals surface area (Å²) in [4.78, 5) is 14.1. The molecular formula is C9H5Cl2N3O3. The fraction of sp³-hybridized carbons (Fsp3) is 0.111. The minimum absolute atomic E-state index is 0.103. The van der Waals surface area contributed by atoms with Crippen LogP contribution in [0, 0.1) is 10.1 Å². The fourth-order valence-corrected chi connectivity index (χ4v) is 1.57. The summed E-state index contributed by atoms with van der Waals surface area (Å²) in [6.45, 7) is 0. The Labute approximate surface area is 105 Å². The summed E-state index contributed by atoms with van der Waals surface area (Å²) >= 11 is 11.3. The van der Waals surface area contributed by atoms with Gasteiger partial charge < -0.3 is 4.52 Å². The van der Waals surface area contributed by atoms with Gasteiger partial charge in [-0.3, -0.25) is 10.1 Å². The topological polar surface area (TPSA) is 82.1 Å². The Kier molecular flexibility index (Phi) is 3.26. The van der Waals surface area contributed by atoms with Gasteiger partial charge in [-0.2, -0.15) is 4.98 Å². The van der Waals surface area contributed by atoms with Gasteiger partial charge >= 0.3 is 0 Å². The van der Waals surface area contributed by atoms with E-state index in [0.717, 1.165) is 0 Å². The van der Waals surface area contributed by atoms with Gasteiger partial charge in [0.25, 0.3) is 11.6 Å². The maximum Gasteiger partial charge on any atom is 0.271 e. The molecule has 1 heterocycles. The number of nitro groups is 1. The Hall–Kier alpha value is -1.66. The first-order chi connectivity index (χ1) is 8.10. The van der Waals surface area contributed by atoms with E-state index in [4.69, 9.17) is 27.7 Å². The lowest BCUT2D eigenvalue weighted by molar-refractivity contribution is -0.384. The molecule has 17 heavy (non-hydrogen) atoms. The minimum atomic E-state index is -0.547. The summed E-state index contributed by atoms with van der Waals surface area (Å²) in [7, 11) is 0. The molecule has 0 aliphatic carbocycles. The van der Waals surface area contributed by atoms with Gasteiger partial charge in [-0.1, -0.05) is 16.8 Å². The second-order valence-electron chi connectivity index (χ2n) is 3.10. The van der Waals surface area contributed by atoms with E-state index < -0.39 is 4.92 Å². The summed E-state index contributed by atoms with van der Waals surface area (Å²) in [6, 6.07) is 4.04. The van der Waals surface area contributed by atoms with E-state index in [-0.39, 0.29) is 22.5 Å². The molecule has 2 aromatic rings. The molecule has 0 atom stereocenters. The van der Waals surface area contributed by atoms with E-state index in [2.05, 4.69) is 10.1 Å². The summed E-state index contributed by atoms with van der Waals surface area (Å²) in [5.74, 6) is 0.558. The van der Waals surface area contributed by atoms with Crippen LogP contribution < -0.4 is 0 Å². The monoisotopic (exact) mass is 273 g/mol. The second-order valence-corrected chi connectivity index (χ2v) is 3.81. The molecule has 0 spiro atoms. The third-order valence-electron chi connectivity index (χ3n) is 1.93. The number of non-ortho nitro benzene ring substituents is 1. The van der Waals surface area contributed by atoms with Crippen molar-refractivity contribution in [2.75, 3.05) is 0 Å². The number of hydrogen-bond donors (Lipinski definition) is 0. The van der Waals surface area contributed by atoms with Gasteiger partial charge in [-0.15, -0.1) is 11.6 Å². The number of hydrogen-bond acceptors (Lipinski definition) is 5. The normalized spacial score (nSPS) is 10.5. The quantitative estimate of drug-likeness (QED) is 0.488. The summed E-state index contributed by atoms with van der Waals surface area (Å²) in [5, 5.41) is 14.5. The molecule has 6 nitrogen and oxygen atoms in total. The number of halogens is 2.